The molecule has 1 aromatic rings. The van der Waals surface area contributed by atoms with Crippen LogP contribution in [0.2, 0.25) is 0 Å². The lowest BCUT2D eigenvalue weighted by molar-refractivity contribution is -0.130. The lowest BCUT2D eigenvalue weighted by Crippen LogP contribution is -2.35. The molecule has 0 radical (unpaired) electrons. The number of carbonyl (C=O) groups excluding carboxylic acids is 1. The highest BCUT2D eigenvalue weighted by Gasteiger charge is 2.20. The van der Waals surface area contributed by atoms with Crippen LogP contribution in [-0.2, 0) is 21.5 Å². The molecule has 122 valence electrons. The maximum absolute atomic E-state index is 11.9. The molecule has 1 aliphatic rings. The topological polar surface area (TPSA) is 42.4 Å². The third-order valence-corrected chi connectivity index (χ3v) is 4.23. The normalized spacial score (nSPS) is 16.5. The summed E-state index contributed by atoms with van der Waals surface area (Å²) in [6.45, 7) is 11.2. The van der Waals surface area contributed by atoms with Crippen molar-refractivity contribution in [3.8, 4) is 0 Å². The maximum Gasteiger partial charge on any atom is 0.219 e. The number of nitrogens with zero attached hydrogens (tertiary/aromatic N) is 2. The Morgan fingerprint density at radius 3 is 2.50 bits per heavy atom. The molecule has 0 N–H and O–H groups in total. The monoisotopic (exact) mass is 304 g/mol. The number of amides is 1. The molecule has 4 nitrogen and oxygen atoms in total. The van der Waals surface area contributed by atoms with Crippen LogP contribution < -0.4 is 0 Å². The van der Waals surface area contributed by atoms with E-state index < -0.39 is 0 Å². The van der Waals surface area contributed by atoms with Crippen LogP contribution in [0.3, 0.4) is 0 Å². The minimum absolute atomic E-state index is 0.0564. The highest BCUT2D eigenvalue weighted by atomic mass is 16.5. The number of ether oxygens (including phenoxy) is 1. The number of hydrogen-bond acceptors (Lipinski definition) is 3. The number of pyridine rings is 1. The molecule has 0 unspecified atom stereocenters. The van der Waals surface area contributed by atoms with E-state index in [0.29, 0.717) is 12.5 Å². The van der Waals surface area contributed by atoms with Crippen molar-refractivity contribution >= 4 is 5.91 Å². The number of hydrogen-bond donors (Lipinski definition) is 0. The van der Waals surface area contributed by atoms with Crippen molar-refractivity contribution in [2.75, 3.05) is 19.8 Å². The molecule has 0 bridgehead atoms. The summed E-state index contributed by atoms with van der Waals surface area (Å²) in [6, 6.07) is 4.16. The number of rotatable bonds is 4. The van der Waals surface area contributed by atoms with Gasteiger partial charge in [0.25, 0.3) is 0 Å². The highest BCUT2D eigenvalue weighted by Crippen LogP contribution is 2.21. The predicted octanol–water partition coefficient (Wildman–Crippen LogP) is 3.15. The van der Waals surface area contributed by atoms with Crippen molar-refractivity contribution in [3.63, 3.8) is 0 Å². The van der Waals surface area contributed by atoms with Gasteiger partial charge in [-0.2, -0.15) is 0 Å². The average molecular weight is 304 g/mol. The second-order valence-corrected chi connectivity index (χ2v) is 7.26. The molecular formula is C18H28N2O2. The third kappa shape index (κ3) is 4.80. The Labute approximate surface area is 133 Å². The van der Waals surface area contributed by atoms with Gasteiger partial charge in [0.1, 0.15) is 0 Å². The van der Waals surface area contributed by atoms with Crippen LogP contribution in [0.1, 0.15) is 51.8 Å². The van der Waals surface area contributed by atoms with Gasteiger partial charge in [-0.25, -0.2) is 0 Å². The van der Waals surface area contributed by atoms with Gasteiger partial charge in [0.15, 0.2) is 0 Å². The van der Waals surface area contributed by atoms with Gasteiger partial charge in [0, 0.05) is 50.5 Å². The minimum atomic E-state index is 0.0564. The molecule has 1 aromatic heterocycles. The first kappa shape index (κ1) is 16.9. The summed E-state index contributed by atoms with van der Waals surface area (Å²) in [5, 5.41) is 0. The Balaban J connectivity index is 1.99. The molecule has 4 heteroatoms. The fourth-order valence-corrected chi connectivity index (χ4v) is 2.73. The zero-order valence-electron chi connectivity index (χ0n) is 14.3. The second kappa shape index (κ2) is 7.23. The van der Waals surface area contributed by atoms with Gasteiger partial charge >= 0.3 is 0 Å². The molecule has 0 aliphatic carbocycles. The number of aromatic nitrogens is 1. The molecule has 0 spiro atoms. The Morgan fingerprint density at radius 2 is 2.00 bits per heavy atom. The van der Waals surface area contributed by atoms with E-state index in [2.05, 4.69) is 37.9 Å². The van der Waals surface area contributed by atoms with E-state index in [0.717, 1.165) is 43.9 Å². The SMILES string of the molecule is CC(=O)N(Cc1ccc(C(C)(C)C)nc1)CC1CCOCC1. The van der Waals surface area contributed by atoms with Crippen molar-refractivity contribution in [1.82, 2.24) is 9.88 Å². The van der Waals surface area contributed by atoms with E-state index in [1.807, 2.05) is 11.1 Å². The average Bonchev–Trinajstić information content (AvgIpc) is 2.47. The Bertz CT molecular complexity index is 485. The summed E-state index contributed by atoms with van der Waals surface area (Å²) in [4.78, 5) is 18.4. The van der Waals surface area contributed by atoms with Gasteiger partial charge < -0.3 is 9.64 Å². The van der Waals surface area contributed by atoms with Gasteiger partial charge in [-0.3, -0.25) is 9.78 Å². The first-order chi connectivity index (χ1) is 10.4. The molecule has 2 rings (SSSR count). The lowest BCUT2D eigenvalue weighted by atomic mass is 9.91. The summed E-state index contributed by atoms with van der Waals surface area (Å²) in [5.74, 6) is 0.686. The standard InChI is InChI=1S/C18H28N2O2/c1-14(21)20(12-15-7-9-22-10-8-15)13-16-5-6-17(19-11-16)18(2,3)4/h5-6,11,15H,7-10,12-13H2,1-4H3. The van der Waals surface area contributed by atoms with Crippen molar-refractivity contribution in [1.29, 1.82) is 0 Å². The molecule has 2 heterocycles. The molecule has 1 saturated heterocycles. The Morgan fingerprint density at radius 1 is 1.32 bits per heavy atom. The molecule has 0 atom stereocenters. The van der Waals surface area contributed by atoms with Gasteiger partial charge in [-0.15, -0.1) is 0 Å². The molecule has 0 aromatic carbocycles. The quantitative estimate of drug-likeness (QED) is 0.858. The van der Waals surface area contributed by atoms with Crippen molar-refractivity contribution in [2.45, 2.75) is 52.5 Å². The van der Waals surface area contributed by atoms with Gasteiger partial charge in [-0.1, -0.05) is 26.8 Å². The minimum Gasteiger partial charge on any atom is -0.381 e. The van der Waals surface area contributed by atoms with Gasteiger partial charge in [-0.05, 0) is 30.4 Å². The van der Waals surface area contributed by atoms with Crippen LogP contribution >= 0.6 is 0 Å². The second-order valence-electron chi connectivity index (χ2n) is 7.26. The largest absolute Gasteiger partial charge is 0.381 e. The van der Waals surface area contributed by atoms with Crippen molar-refractivity contribution in [3.05, 3.63) is 29.6 Å². The van der Waals surface area contributed by atoms with Crippen LogP contribution in [0.5, 0.6) is 0 Å². The van der Waals surface area contributed by atoms with Crippen molar-refractivity contribution in [2.24, 2.45) is 5.92 Å². The molecule has 1 amide bonds. The van der Waals surface area contributed by atoms with Gasteiger partial charge in [0.05, 0.1) is 0 Å². The fourth-order valence-electron chi connectivity index (χ4n) is 2.73. The molecule has 22 heavy (non-hydrogen) atoms. The van der Waals surface area contributed by atoms with E-state index in [-0.39, 0.29) is 11.3 Å². The Kier molecular flexibility index (Phi) is 5.57. The first-order valence-corrected chi connectivity index (χ1v) is 8.15. The molecule has 1 aliphatic heterocycles. The van der Waals surface area contributed by atoms with Crippen LogP contribution in [0.15, 0.2) is 18.3 Å². The first-order valence-electron chi connectivity index (χ1n) is 8.15. The predicted molar refractivity (Wildman–Crippen MR) is 87.6 cm³/mol. The Hall–Kier alpha value is -1.42. The van der Waals surface area contributed by atoms with E-state index in [4.69, 9.17) is 4.74 Å². The van der Waals surface area contributed by atoms with Crippen LogP contribution in [0.25, 0.3) is 0 Å². The highest BCUT2D eigenvalue weighted by molar-refractivity contribution is 5.73. The third-order valence-electron chi connectivity index (χ3n) is 4.23. The van der Waals surface area contributed by atoms with Crippen LogP contribution in [-0.4, -0.2) is 35.5 Å². The maximum atomic E-state index is 11.9. The molecule has 0 saturated carbocycles. The van der Waals surface area contributed by atoms with Gasteiger partial charge in [0.2, 0.25) is 5.91 Å². The zero-order chi connectivity index (χ0) is 16.2. The summed E-state index contributed by atoms with van der Waals surface area (Å²) >= 11 is 0. The van der Waals surface area contributed by atoms with E-state index in [9.17, 15) is 4.79 Å². The van der Waals surface area contributed by atoms with Crippen LogP contribution in [0, 0.1) is 5.92 Å². The zero-order valence-corrected chi connectivity index (χ0v) is 14.3. The molecular weight excluding hydrogens is 276 g/mol. The fraction of sp³-hybridized carbons (Fsp3) is 0.667. The summed E-state index contributed by atoms with van der Waals surface area (Å²) in [7, 11) is 0. The summed E-state index contributed by atoms with van der Waals surface area (Å²) in [6.07, 6.45) is 4.00. The van der Waals surface area contributed by atoms with E-state index in [1.165, 1.54) is 0 Å². The van der Waals surface area contributed by atoms with Crippen LogP contribution in [0.4, 0.5) is 0 Å². The number of carbonyl (C=O) groups is 1. The van der Waals surface area contributed by atoms with E-state index in [1.54, 1.807) is 6.92 Å². The smallest absolute Gasteiger partial charge is 0.219 e. The summed E-state index contributed by atoms with van der Waals surface area (Å²) in [5.41, 5.74) is 2.23. The summed E-state index contributed by atoms with van der Waals surface area (Å²) < 4.78 is 5.39. The van der Waals surface area contributed by atoms with E-state index >= 15 is 0 Å². The van der Waals surface area contributed by atoms with Crippen molar-refractivity contribution < 1.29 is 9.53 Å². The molecule has 1 fully saturated rings. The lowest BCUT2D eigenvalue weighted by Gasteiger charge is -2.29.